The van der Waals surface area contributed by atoms with Gasteiger partial charge in [0.2, 0.25) is 0 Å². The smallest absolute Gasteiger partial charge is 0.335 e. The lowest BCUT2D eigenvalue weighted by molar-refractivity contribution is 0.0695. The lowest BCUT2D eigenvalue weighted by Crippen LogP contribution is -2.23. The molecule has 0 saturated heterocycles. The van der Waals surface area contributed by atoms with Crippen molar-refractivity contribution in [2.24, 2.45) is 0 Å². The van der Waals surface area contributed by atoms with E-state index in [-0.39, 0.29) is 11.3 Å². The van der Waals surface area contributed by atoms with Crippen molar-refractivity contribution in [2.45, 2.75) is 30.2 Å². The Bertz CT molecular complexity index is 1430. The molecule has 4 aromatic rings. The molecule has 0 radical (unpaired) electrons. The van der Waals surface area contributed by atoms with Crippen LogP contribution < -0.4 is 0 Å². The Morgan fingerprint density at radius 3 is 2.22 bits per heavy atom. The minimum atomic E-state index is -1.42. The lowest BCUT2D eigenvalue weighted by atomic mass is 9.81. The second-order valence-electron chi connectivity index (χ2n) is 8.50. The molecule has 0 bridgehead atoms. The summed E-state index contributed by atoms with van der Waals surface area (Å²) in [6.07, 6.45) is 1.65. The molecule has 0 spiro atoms. The van der Waals surface area contributed by atoms with E-state index in [2.05, 4.69) is 4.98 Å². The van der Waals surface area contributed by atoms with Gasteiger partial charge in [0.05, 0.1) is 27.5 Å². The molecule has 0 saturated carbocycles. The summed E-state index contributed by atoms with van der Waals surface area (Å²) in [5.74, 6) is -3.91. The number of thioether (sulfide) groups is 1. The number of halogens is 5. The van der Waals surface area contributed by atoms with Crippen LogP contribution >= 0.6 is 35.0 Å². The van der Waals surface area contributed by atoms with Gasteiger partial charge in [-0.1, -0.05) is 54.9 Å². The van der Waals surface area contributed by atoms with Crippen LogP contribution in [-0.4, -0.2) is 20.6 Å². The minimum absolute atomic E-state index is 0.150. The predicted molar refractivity (Wildman–Crippen MR) is 135 cm³/mol. The van der Waals surface area contributed by atoms with E-state index in [9.17, 15) is 18.0 Å². The van der Waals surface area contributed by atoms with Crippen LogP contribution in [-0.2, 0) is 11.2 Å². The van der Waals surface area contributed by atoms with Crippen molar-refractivity contribution in [2.75, 3.05) is 0 Å². The number of carbonyl (C=O) groups is 1. The van der Waals surface area contributed by atoms with E-state index < -0.39 is 34.4 Å². The van der Waals surface area contributed by atoms with Crippen molar-refractivity contribution in [1.82, 2.24) is 9.55 Å². The van der Waals surface area contributed by atoms with Gasteiger partial charge >= 0.3 is 5.97 Å². The summed E-state index contributed by atoms with van der Waals surface area (Å²) in [5, 5.41) is 10.2. The Labute approximate surface area is 219 Å². The van der Waals surface area contributed by atoms with Crippen molar-refractivity contribution < 1.29 is 23.1 Å². The maximum absolute atomic E-state index is 14.5. The summed E-state index contributed by atoms with van der Waals surface area (Å²) < 4.78 is 44.5. The van der Waals surface area contributed by atoms with E-state index in [4.69, 9.17) is 28.3 Å². The number of imidazole rings is 1. The number of benzene rings is 3. The molecular formula is C26H19Cl2F3N2O2S. The summed E-state index contributed by atoms with van der Waals surface area (Å²) in [5.41, 5.74) is 0.770. The van der Waals surface area contributed by atoms with Crippen LogP contribution in [0.1, 0.15) is 41.0 Å². The highest BCUT2D eigenvalue weighted by atomic mass is 35.5. The molecule has 1 aromatic heterocycles. The molecule has 4 nitrogen and oxygen atoms in total. The van der Waals surface area contributed by atoms with E-state index in [1.807, 2.05) is 19.9 Å². The summed E-state index contributed by atoms with van der Waals surface area (Å²) >= 11 is 13.4. The van der Waals surface area contributed by atoms with E-state index in [0.29, 0.717) is 20.9 Å². The molecule has 0 fully saturated rings. The monoisotopic (exact) mass is 550 g/mol. The van der Waals surface area contributed by atoms with Gasteiger partial charge in [0.15, 0.2) is 5.16 Å². The predicted octanol–water partition coefficient (Wildman–Crippen LogP) is 7.91. The van der Waals surface area contributed by atoms with Gasteiger partial charge in [-0.3, -0.25) is 4.57 Å². The molecule has 3 aromatic carbocycles. The standard InChI is InChI=1S/C26H19Cl2F3N2O2S/c1-26(2,15-3-8-19(27)20(28)11-15)23-12-32-25(33(23)17-6-4-16(29)5-7-17)36-13-18-21(30)9-14(24(34)35)10-22(18)31/h3-12H,13H2,1-2H3,(H,34,35). The van der Waals surface area contributed by atoms with Crippen LogP contribution in [0.4, 0.5) is 13.2 Å². The molecule has 10 heteroatoms. The van der Waals surface area contributed by atoms with Gasteiger partial charge in [-0.2, -0.15) is 0 Å². The highest BCUT2D eigenvalue weighted by Crippen LogP contribution is 2.38. The van der Waals surface area contributed by atoms with Crippen molar-refractivity contribution >= 4 is 40.9 Å². The maximum atomic E-state index is 14.5. The van der Waals surface area contributed by atoms with Crippen LogP contribution in [0.3, 0.4) is 0 Å². The minimum Gasteiger partial charge on any atom is -0.478 e. The Balaban J connectivity index is 1.77. The highest BCUT2D eigenvalue weighted by molar-refractivity contribution is 7.98. The number of aromatic carboxylic acids is 1. The first-order valence-electron chi connectivity index (χ1n) is 10.6. The Hall–Kier alpha value is -2.94. The number of hydrogen-bond acceptors (Lipinski definition) is 3. The van der Waals surface area contributed by atoms with Gasteiger partial charge < -0.3 is 5.11 Å². The molecule has 0 atom stereocenters. The Morgan fingerprint density at radius 2 is 1.64 bits per heavy atom. The number of rotatable bonds is 7. The van der Waals surface area contributed by atoms with Crippen molar-refractivity contribution in [3.05, 3.63) is 111 Å². The first kappa shape index (κ1) is 26.1. The molecule has 186 valence electrons. The van der Waals surface area contributed by atoms with Crippen LogP contribution in [0.15, 0.2) is 66.0 Å². The average Bonchev–Trinajstić information content (AvgIpc) is 3.25. The van der Waals surface area contributed by atoms with Gasteiger partial charge in [0.25, 0.3) is 0 Å². The van der Waals surface area contributed by atoms with Gasteiger partial charge in [-0.05, 0) is 54.1 Å². The fourth-order valence-corrected chi connectivity index (χ4v) is 5.06. The maximum Gasteiger partial charge on any atom is 0.335 e. The summed E-state index contributed by atoms with van der Waals surface area (Å²) in [6, 6.07) is 12.6. The largest absolute Gasteiger partial charge is 0.478 e. The Kier molecular flexibility index (Phi) is 7.41. The van der Waals surface area contributed by atoms with Gasteiger partial charge in [0, 0.05) is 22.4 Å². The van der Waals surface area contributed by atoms with E-state index in [0.717, 1.165) is 35.2 Å². The number of nitrogens with zero attached hydrogens (tertiary/aromatic N) is 2. The fourth-order valence-electron chi connectivity index (χ4n) is 3.75. The summed E-state index contributed by atoms with van der Waals surface area (Å²) in [6.45, 7) is 3.92. The van der Waals surface area contributed by atoms with Gasteiger partial charge in [-0.15, -0.1) is 0 Å². The summed E-state index contributed by atoms with van der Waals surface area (Å²) in [7, 11) is 0. The molecular weight excluding hydrogens is 532 g/mol. The second kappa shape index (κ2) is 10.2. The van der Waals surface area contributed by atoms with Gasteiger partial charge in [0.1, 0.15) is 17.5 Å². The van der Waals surface area contributed by atoms with Crippen molar-refractivity contribution in [3.8, 4) is 5.69 Å². The van der Waals surface area contributed by atoms with Crippen LogP contribution in [0, 0.1) is 17.5 Å². The molecule has 0 amide bonds. The first-order chi connectivity index (χ1) is 17.0. The first-order valence-corrected chi connectivity index (χ1v) is 12.4. The summed E-state index contributed by atoms with van der Waals surface area (Å²) in [4.78, 5) is 15.6. The number of hydrogen-bond donors (Lipinski definition) is 1. The average molecular weight is 551 g/mol. The zero-order valence-corrected chi connectivity index (χ0v) is 21.4. The number of carboxylic acid groups (broad SMARTS) is 1. The SMILES string of the molecule is CC(C)(c1ccc(Cl)c(Cl)c1)c1cnc(SCc2c(F)cc(C(=O)O)cc2F)n1-c1ccc(F)cc1. The second-order valence-corrected chi connectivity index (χ2v) is 10.3. The third kappa shape index (κ3) is 5.12. The van der Waals surface area contributed by atoms with E-state index in [1.54, 1.807) is 35.0 Å². The van der Waals surface area contributed by atoms with E-state index >= 15 is 0 Å². The van der Waals surface area contributed by atoms with Crippen molar-refractivity contribution in [3.63, 3.8) is 0 Å². The molecule has 0 aliphatic rings. The molecule has 1 N–H and O–H groups in total. The highest BCUT2D eigenvalue weighted by Gasteiger charge is 2.30. The number of carboxylic acids is 1. The van der Waals surface area contributed by atoms with Gasteiger partial charge in [-0.25, -0.2) is 22.9 Å². The third-order valence-corrected chi connectivity index (χ3v) is 7.55. The molecule has 0 aliphatic carbocycles. The van der Waals surface area contributed by atoms with Crippen LogP contribution in [0.25, 0.3) is 5.69 Å². The zero-order chi connectivity index (χ0) is 26.2. The quantitative estimate of drug-likeness (QED) is 0.237. The lowest BCUT2D eigenvalue weighted by Gasteiger charge is -2.28. The zero-order valence-electron chi connectivity index (χ0n) is 19.0. The normalized spacial score (nSPS) is 11.6. The fraction of sp³-hybridized carbons (Fsp3) is 0.154. The van der Waals surface area contributed by atoms with Crippen LogP contribution in [0.2, 0.25) is 10.0 Å². The third-order valence-electron chi connectivity index (χ3n) is 5.83. The Morgan fingerprint density at radius 1 is 1.00 bits per heavy atom. The molecule has 0 aliphatic heterocycles. The molecule has 4 rings (SSSR count). The van der Waals surface area contributed by atoms with Crippen LogP contribution in [0.5, 0.6) is 0 Å². The topological polar surface area (TPSA) is 55.1 Å². The van der Waals surface area contributed by atoms with Crippen molar-refractivity contribution in [1.29, 1.82) is 0 Å². The molecule has 36 heavy (non-hydrogen) atoms. The molecule has 1 heterocycles. The van der Waals surface area contributed by atoms with E-state index in [1.165, 1.54) is 12.1 Å². The number of aromatic nitrogens is 2. The molecule has 0 unspecified atom stereocenters.